The van der Waals surface area contributed by atoms with E-state index in [0.717, 1.165) is 5.56 Å². The lowest BCUT2D eigenvalue weighted by atomic mass is 10.2. The van der Waals surface area contributed by atoms with Crippen molar-refractivity contribution in [2.24, 2.45) is 0 Å². The quantitative estimate of drug-likeness (QED) is 0.682. The van der Waals surface area contributed by atoms with Crippen molar-refractivity contribution in [1.82, 2.24) is 19.2 Å². The fourth-order valence-corrected chi connectivity index (χ4v) is 2.25. The minimum absolute atomic E-state index is 0.114. The van der Waals surface area contributed by atoms with Crippen LogP contribution < -0.4 is 5.56 Å². The number of aryl methyl sites for hydroxylation is 1. The molecule has 3 rings (SSSR count). The van der Waals surface area contributed by atoms with E-state index in [9.17, 15) is 9.59 Å². The van der Waals surface area contributed by atoms with Crippen LogP contribution in [-0.4, -0.2) is 24.9 Å². The van der Waals surface area contributed by atoms with E-state index in [1.807, 2.05) is 30.3 Å². The standard InChI is InChI=1S/C15H14N4O2/c1-10(20)13-9-18(8-12-6-4-3-5-7-12)15-16-11(2)17-19(15)14(13)21/h3-7,9H,8H2,1-2H3. The summed E-state index contributed by atoms with van der Waals surface area (Å²) in [4.78, 5) is 28.1. The lowest BCUT2D eigenvalue weighted by Gasteiger charge is -2.09. The molecule has 21 heavy (non-hydrogen) atoms. The zero-order chi connectivity index (χ0) is 15.0. The highest BCUT2D eigenvalue weighted by molar-refractivity contribution is 5.93. The van der Waals surface area contributed by atoms with E-state index in [-0.39, 0.29) is 11.3 Å². The van der Waals surface area contributed by atoms with Gasteiger partial charge in [-0.3, -0.25) is 9.59 Å². The molecule has 0 unspecified atom stereocenters. The molecule has 0 bridgehead atoms. The highest BCUT2D eigenvalue weighted by Gasteiger charge is 2.15. The first kappa shape index (κ1) is 13.2. The van der Waals surface area contributed by atoms with Crippen molar-refractivity contribution in [3.05, 3.63) is 63.8 Å². The molecule has 0 saturated heterocycles. The maximum absolute atomic E-state index is 12.2. The zero-order valence-electron chi connectivity index (χ0n) is 11.8. The molecule has 6 heteroatoms. The van der Waals surface area contributed by atoms with Crippen LogP contribution in [0.1, 0.15) is 28.7 Å². The van der Waals surface area contributed by atoms with Crippen LogP contribution in [0.3, 0.4) is 0 Å². The summed E-state index contributed by atoms with van der Waals surface area (Å²) in [6, 6.07) is 9.77. The number of Topliss-reactive ketones (excluding diaryl/α,β-unsaturated/α-hetero) is 1. The van der Waals surface area contributed by atoms with E-state index in [4.69, 9.17) is 0 Å². The summed E-state index contributed by atoms with van der Waals surface area (Å²) in [5.41, 5.74) is 0.740. The Kier molecular flexibility index (Phi) is 3.13. The first-order chi connectivity index (χ1) is 10.1. The largest absolute Gasteiger partial charge is 0.312 e. The van der Waals surface area contributed by atoms with Crippen molar-refractivity contribution >= 4 is 11.6 Å². The number of hydrogen-bond acceptors (Lipinski definition) is 4. The number of rotatable bonds is 3. The van der Waals surface area contributed by atoms with E-state index >= 15 is 0 Å². The van der Waals surface area contributed by atoms with E-state index in [2.05, 4.69) is 10.1 Å². The Morgan fingerprint density at radius 2 is 1.95 bits per heavy atom. The fraction of sp³-hybridized carbons (Fsp3) is 0.200. The Hall–Kier alpha value is -2.76. The number of carbonyl (C=O) groups excluding carboxylic acids is 1. The van der Waals surface area contributed by atoms with Gasteiger partial charge in [-0.15, -0.1) is 5.10 Å². The van der Waals surface area contributed by atoms with Crippen molar-refractivity contribution < 1.29 is 4.79 Å². The maximum Gasteiger partial charge on any atom is 0.286 e. The van der Waals surface area contributed by atoms with E-state index in [1.54, 1.807) is 17.7 Å². The summed E-state index contributed by atoms with van der Waals surface area (Å²) in [6.45, 7) is 3.61. The minimum atomic E-state index is -0.428. The Bertz CT molecular complexity index is 878. The fourth-order valence-electron chi connectivity index (χ4n) is 2.25. The molecule has 0 fully saturated rings. The molecule has 0 aliphatic heterocycles. The van der Waals surface area contributed by atoms with Crippen molar-refractivity contribution in [2.45, 2.75) is 20.4 Å². The van der Waals surface area contributed by atoms with Gasteiger partial charge < -0.3 is 4.57 Å². The van der Waals surface area contributed by atoms with Gasteiger partial charge in [0.1, 0.15) is 11.4 Å². The molecular weight excluding hydrogens is 268 g/mol. The van der Waals surface area contributed by atoms with E-state index in [1.165, 1.54) is 11.4 Å². The smallest absolute Gasteiger partial charge is 0.286 e. The van der Waals surface area contributed by atoms with Crippen LogP contribution >= 0.6 is 0 Å². The SMILES string of the molecule is CC(=O)c1cn(Cc2ccccc2)c2nc(C)nn2c1=O. The van der Waals surface area contributed by atoms with Gasteiger partial charge in [0, 0.05) is 6.20 Å². The number of aromatic nitrogens is 4. The third-order valence-electron chi connectivity index (χ3n) is 3.24. The molecule has 0 amide bonds. The Labute approximate surface area is 120 Å². The van der Waals surface area contributed by atoms with Gasteiger partial charge in [-0.25, -0.2) is 0 Å². The van der Waals surface area contributed by atoms with Crippen LogP contribution in [0.5, 0.6) is 0 Å². The normalized spacial score (nSPS) is 11.0. The monoisotopic (exact) mass is 282 g/mol. The molecule has 0 spiro atoms. The molecule has 0 atom stereocenters. The third-order valence-corrected chi connectivity index (χ3v) is 3.24. The minimum Gasteiger partial charge on any atom is -0.312 e. The van der Waals surface area contributed by atoms with Crippen molar-refractivity contribution in [1.29, 1.82) is 0 Å². The summed E-state index contributed by atoms with van der Waals surface area (Å²) in [5.74, 6) is 0.651. The van der Waals surface area contributed by atoms with E-state index in [0.29, 0.717) is 18.1 Å². The van der Waals surface area contributed by atoms with Gasteiger partial charge in [0.25, 0.3) is 5.56 Å². The molecule has 106 valence electrons. The third kappa shape index (κ3) is 2.35. The molecule has 1 aromatic carbocycles. The van der Waals surface area contributed by atoms with Gasteiger partial charge in [-0.05, 0) is 19.4 Å². The van der Waals surface area contributed by atoms with Crippen molar-refractivity contribution in [2.75, 3.05) is 0 Å². The molecule has 6 nitrogen and oxygen atoms in total. The molecule has 0 N–H and O–H groups in total. The number of hydrogen-bond donors (Lipinski definition) is 0. The van der Waals surface area contributed by atoms with Gasteiger partial charge in [-0.2, -0.15) is 9.50 Å². The van der Waals surface area contributed by atoms with Crippen LogP contribution in [0, 0.1) is 6.92 Å². The number of benzene rings is 1. The first-order valence-electron chi connectivity index (χ1n) is 6.58. The number of ketones is 1. The Morgan fingerprint density at radius 3 is 2.62 bits per heavy atom. The Morgan fingerprint density at radius 1 is 1.24 bits per heavy atom. The molecule has 0 aliphatic carbocycles. The summed E-state index contributed by atoms with van der Waals surface area (Å²) in [5, 5.41) is 4.08. The second kappa shape index (κ2) is 4.97. The summed E-state index contributed by atoms with van der Waals surface area (Å²) >= 11 is 0. The van der Waals surface area contributed by atoms with Gasteiger partial charge in [0.2, 0.25) is 5.78 Å². The van der Waals surface area contributed by atoms with Crippen LogP contribution in [-0.2, 0) is 6.54 Å². The van der Waals surface area contributed by atoms with Crippen LogP contribution in [0.15, 0.2) is 41.3 Å². The maximum atomic E-state index is 12.2. The predicted octanol–water partition coefficient (Wildman–Crippen LogP) is 1.45. The number of carbonyl (C=O) groups is 1. The summed E-state index contributed by atoms with van der Waals surface area (Å²) in [7, 11) is 0. The van der Waals surface area contributed by atoms with Crippen LogP contribution in [0.2, 0.25) is 0 Å². The molecule has 2 aromatic heterocycles. The van der Waals surface area contributed by atoms with Gasteiger partial charge in [-0.1, -0.05) is 30.3 Å². The predicted molar refractivity (Wildman–Crippen MR) is 77.5 cm³/mol. The molecule has 0 radical (unpaired) electrons. The average Bonchev–Trinajstić information content (AvgIpc) is 2.85. The zero-order valence-corrected chi connectivity index (χ0v) is 11.8. The highest BCUT2D eigenvalue weighted by Crippen LogP contribution is 2.07. The topological polar surface area (TPSA) is 69.3 Å². The van der Waals surface area contributed by atoms with Crippen LogP contribution in [0.25, 0.3) is 5.78 Å². The van der Waals surface area contributed by atoms with E-state index < -0.39 is 5.56 Å². The number of fused-ring (bicyclic) bond motifs is 1. The van der Waals surface area contributed by atoms with Gasteiger partial charge in [0.15, 0.2) is 5.78 Å². The summed E-state index contributed by atoms with van der Waals surface area (Å²) in [6.07, 6.45) is 1.56. The first-order valence-corrected chi connectivity index (χ1v) is 6.58. The highest BCUT2D eigenvalue weighted by atomic mass is 16.1. The second-order valence-electron chi connectivity index (χ2n) is 4.89. The molecular formula is C15H14N4O2. The van der Waals surface area contributed by atoms with Crippen LogP contribution in [0.4, 0.5) is 0 Å². The van der Waals surface area contributed by atoms with Crippen molar-refractivity contribution in [3.63, 3.8) is 0 Å². The molecule has 0 aliphatic rings. The van der Waals surface area contributed by atoms with Gasteiger partial charge >= 0.3 is 0 Å². The average molecular weight is 282 g/mol. The lowest BCUT2D eigenvalue weighted by molar-refractivity contribution is 0.101. The molecule has 0 saturated carbocycles. The lowest BCUT2D eigenvalue weighted by Crippen LogP contribution is -2.25. The van der Waals surface area contributed by atoms with Crippen molar-refractivity contribution in [3.8, 4) is 0 Å². The second-order valence-corrected chi connectivity index (χ2v) is 4.89. The Balaban J connectivity index is 2.23. The summed E-state index contributed by atoms with van der Waals surface area (Å²) < 4.78 is 2.96. The number of nitrogens with zero attached hydrogens (tertiary/aromatic N) is 4. The molecule has 3 aromatic rings. The van der Waals surface area contributed by atoms with Gasteiger partial charge in [0.05, 0.1) is 6.54 Å². The molecule has 2 heterocycles.